The molecule has 1 aliphatic heterocycles. The maximum atomic E-state index is 10.7. The Morgan fingerprint density at radius 3 is 2.86 bits per heavy atom. The lowest BCUT2D eigenvalue weighted by Crippen LogP contribution is -2.32. The summed E-state index contributed by atoms with van der Waals surface area (Å²) in [6, 6.07) is 13.5. The Bertz CT molecular complexity index is 644. The number of halogens is 1. The van der Waals surface area contributed by atoms with Gasteiger partial charge in [0.2, 0.25) is 0 Å². The lowest BCUT2D eigenvalue weighted by atomic mass is 9.91. The van der Waals surface area contributed by atoms with Crippen molar-refractivity contribution in [3.8, 4) is 5.75 Å². The van der Waals surface area contributed by atoms with Gasteiger partial charge in [0, 0.05) is 11.3 Å². The first-order valence-corrected chi connectivity index (χ1v) is 7.43. The van der Waals surface area contributed by atoms with Gasteiger partial charge in [-0.05, 0) is 36.6 Å². The van der Waals surface area contributed by atoms with Crippen LogP contribution in [0.5, 0.6) is 5.75 Å². The first kappa shape index (κ1) is 14.2. The van der Waals surface area contributed by atoms with Crippen LogP contribution in [-0.4, -0.2) is 18.3 Å². The topological polar surface area (TPSA) is 41.5 Å². The lowest BCUT2D eigenvalue weighted by Gasteiger charge is -2.31. The van der Waals surface area contributed by atoms with Gasteiger partial charge < -0.3 is 15.2 Å². The van der Waals surface area contributed by atoms with Crippen molar-refractivity contribution < 1.29 is 9.84 Å². The molecule has 0 fully saturated rings. The minimum absolute atomic E-state index is 0.0753. The first-order valence-electron chi connectivity index (χ1n) is 7.05. The number of methoxy groups -OCH3 is 1. The van der Waals surface area contributed by atoms with E-state index in [4.69, 9.17) is 16.3 Å². The highest BCUT2D eigenvalue weighted by atomic mass is 35.5. The van der Waals surface area contributed by atoms with E-state index in [1.54, 1.807) is 13.2 Å². The van der Waals surface area contributed by atoms with Crippen LogP contribution >= 0.6 is 11.6 Å². The van der Waals surface area contributed by atoms with Crippen LogP contribution in [0.15, 0.2) is 42.5 Å². The third-order valence-corrected chi connectivity index (χ3v) is 4.32. The molecule has 2 atom stereocenters. The molecule has 0 aliphatic carbocycles. The van der Waals surface area contributed by atoms with Gasteiger partial charge in [0.1, 0.15) is 11.9 Å². The number of nitrogens with one attached hydrogen (secondary N) is 1. The minimum Gasteiger partial charge on any atom is -0.496 e. The maximum Gasteiger partial charge on any atom is 0.126 e. The Morgan fingerprint density at radius 1 is 1.24 bits per heavy atom. The van der Waals surface area contributed by atoms with E-state index in [1.807, 2.05) is 30.3 Å². The minimum atomic E-state index is -0.706. The van der Waals surface area contributed by atoms with E-state index in [1.165, 1.54) is 5.56 Å². The molecule has 3 nitrogen and oxygen atoms in total. The van der Waals surface area contributed by atoms with Gasteiger partial charge in [-0.25, -0.2) is 0 Å². The van der Waals surface area contributed by atoms with Crippen LogP contribution in [-0.2, 0) is 6.42 Å². The second-order valence-corrected chi connectivity index (χ2v) is 5.65. The van der Waals surface area contributed by atoms with Crippen LogP contribution in [0.25, 0.3) is 0 Å². The van der Waals surface area contributed by atoms with E-state index in [2.05, 4.69) is 11.4 Å². The van der Waals surface area contributed by atoms with Crippen molar-refractivity contribution in [3.05, 3.63) is 58.6 Å². The van der Waals surface area contributed by atoms with Gasteiger partial charge in [0.05, 0.1) is 18.2 Å². The molecule has 2 unspecified atom stereocenters. The molecule has 4 heteroatoms. The number of aliphatic hydroxyl groups is 1. The molecule has 110 valence electrons. The number of anilines is 1. The fraction of sp³-hybridized carbons (Fsp3) is 0.294. The van der Waals surface area contributed by atoms with E-state index < -0.39 is 6.10 Å². The van der Waals surface area contributed by atoms with E-state index in [-0.39, 0.29) is 6.04 Å². The number of aliphatic hydroxyl groups excluding tert-OH is 1. The number of rotatable bonds is 3. The third-order valence-electron chi connectivity index (χ3n) is 3.99. The maximum absolute atomic E-state index is 10.7. The molecule has 0 radical (unpaired) electrons. The normalized spacial score (nSPS) is 18.5. The number of hydrogen-bond donors (Lipinski definition) is 2. The Hall–Kier alpha value is -1.71. The van der Waals surface area contributed by atoms with E-state index in [9.17, 15) is 5.11 Å². The molecular weight excluding hydrogens is 286 g/mol. The fourth-order valence-electron chi connectivity index (χ4n) is 2.88. The number of fused-ring (bicyclic) bond motifs is 1. The van der Waals surface area contributed by atoms with Gasteiger partial charge in [-0.1, -0.05) is 35.9 Å². The molecule has 21 heavy (non-hydrogen) atoms. The molecule has 1 heterocycles. The number of hydrogen-bond acceptors (Lipinski definition) is 3. The molecule has 1 aliphatic rings. The number of para-hydroxylation sites is 1. The van der Waals surface area contributed by atoms with Gasteiger partial charge in [0.15, 0.2) is 0 Å². The zero-order valence-electron chi connectivity index (χ0n) is 11.8. The zero-order valence-corrected chi connectivity index (χ0v) is 12.6. The Labute approximate surface area is 129 Å². The summed E-state index contributed by atoms with van der Waals surface area (Å²) in [6.07, 6.45) is 1.09. The predicted octanol–water partition coefficient (Wildman–Crippen LogP) is 3.81. The zero-order chi connectivity index (χ0) is 14.8. The van der Waals surface area contributed by atoms with Crippen molar-refractivity contribution in [2.24, 2.45) is 0 Å². The molecule has 0 spiro atoms. The largest absolute Gasteiger partial charge is 0.496 e. The van der Waals surface area contributed by atoms with Crippen LogP contribution in [0.3, 0.4) is 0 Å². The highest BCUT2D eigenvalue weighted by molar-refractivity contribution is 6.31. The van der Waals surface area contributed by atoms with E-state index in [0.717, 1.165) is 18.5 Å². The number of ether oxygens (including phenoxy) is 1. The highest BCUT2D eigenvalue weighted by Crippen LogP contribution is 2.37. The first-order chi connectivity index (χ1) is 10.2. The molecule has 3 rings (SSSR count). The molecule has 2 aromatic carbocycles. The van der Waals surface area contributed by atoms with Gasteiger partial charge in [-0.2, -0.15) is 0 Å². The summed E-state index contributed by atoms with van der Waals surface area (Å²) in [6.45, 7) is 0. The number of benzene rings is 2. The summed E-state index contributed by atoms with van der Waals surface area (Å²) in [5.74, 6) is 0.621. The van der Waals surface area contributed by atoms with Crippen molar-refractivity contribution >= 4 is 17.3 Å². The van der Waals surface area contributed by atoms with Crippen molar-refractivity contribution in [3.63, 3.8) is 0 Å². The average molecular weight is 304 g/mol. The summed E-state index contributed by atoms with van der Waals surface area (Å²) in [4.78, 5) is 0. The van der Waals surface area contributed by atoms with Crippen LogP contribution in [0.2, 0.25) is 5.02 Å². The Balaban J connectivity index is 1.89. The summed E-state index contributed by atoms with van der Waals surface area (Å²) in [5.41, 5.74) is 3.02. The van der Waals surface area contributed by atoms with Crippen LogP contribution < -0.4 is 10.1 Å². The van der Waals surface area contributed by atoms with Crippen molar-refractivity contribution in [2.75, 3.05) is 12.4 Å². The Kier molecular flexibility index (Phi) is 4.04. The van der Waals surface area contributed by atoms with Crippen molar-refractivity contribution in [1.82, 2.24) is 0 Å². The third kappa shape index (κ3) is 2.71. The van der Waals surface area contributed by atoms with Gasteiger partial charge in [-0.15, -0.1) is 0 Å². The monoisotopic (exact) mass is 303 g/mol. The summed E-state index contributed by atoms with van der Waals surface area (Å²) >= 11 is 6.25. The molecule has 0 aromatic heterocycles. The molecule has 0 saturated heterocycles. The Morgan fingerprint density at radius 2 is 2.05 bits per heavy atom. The molecule has 0 saturated carbocycles. The predicted molar refractivity (Wildman–Crippen MR) is 85.1 cm³/mol. The highest BCUT2D eigenvalue weighted by Gasteiger charge is 2.28. The van der Waals surface area contributed by atoms with Gasteiger partial charge in [-0.3, -0.25) is 0 Å². The van der Waals surface area contributed by atoms with Crippen LogP contribution in [0.4, 0.5) is 5.69 Å². The van der Waals surface area contributed by atoms with E-state index >= 15 is 0 Å². The number of aryl methyl sites for hydroxylation is 1. The molecule has 0 amide bonds. The summed E-state index contributed by atoms with van der Waals surface area (Å²) < 4.78 is 5.34. The average Bonchev–Trinajstić information content (AvgIpc) is 2.53. The second kappa shape index (κ2) is 5.96. The van der Waals surface area contributed by atoms with Crippen molar-refractivity contribution in [1.29, 1.82) is 0 Å². The molecular formula is C17H18ClNO2. The molecule has 2 aromatic rings. The summed E-state index contributed by atoms with van der Waals surface area (Å²) in [5, 5.41) is 14.7. The molecule has 2 N–H and O–H groups in total. The van der Waals surface area contributed by atoms with Crippen LogP contribution in [0.1, 0.15) is 23.7 Å². The lowest BCUT2D eigenvalue weighted by molar-refractivity contribution is 0.145. The quantitative estimate of drug-likeness (QED) is 0.906. The van der Waals surface area contributed by atoms with Crippen LogP contribution in [0, 0.1) is 0 Å². The van der Waals surface area contributed by atoms with Gasteiger partial charge >= 0.3 is 0 Å². The van der Waals surface area contributed by atoms with Gasteiger partial charge in [0.25, 0.3) is 0 Å². The standard InChI is InChI=1S/C17H18ClNO2/c1-21-15-8-4-6-12(18)16(15)17(20)14-10-9-11-5-2-3-7-13(11)19-14/h2-8,14,17,19-20H,9-10H2,1H3. The summed E-state index contributed by atoms with van der Waals surface area (Å²) in [7, 11) is 1.59. The molecule has 0 bridgehead atoms. The van der Waals surface area contributed by atoms with E-state index in [0.29, 0.717) is 16.3 Å². The fourth-order valence-corrected chi connectivity index (χ4v) is 3.16. The van der Waals surface area contributed by atoms with Crippen molar-refractivity contribution in [2.45, 2.75) is 25.0 Å². The second-order valence-electron chi connectivity index (χ2n) is 5.25. The smallest absolute Gasteiger partial charge is 0.126 e. The SMILES string of the molecule is COc1cccc(Cl)c1C(O)C1CCc2ccccc2N1.